The van der Waals surface area contributed by atoms with Crippen molar-refractivity contribution in [3.8, 4) is 5.69 Å². The summed E-state index contributed by atoms with van der Waals surface area (Å²) in [5.41, 5.74) is 1.48. The monoisotopic (exact) mass is 369 g/mol. The van der Waals surface area contributed by atoms with Gasteiger partial charge in [0.2, 0.25) is 0 Å². The Morgan fingerprint density at radius 2 is 2.00 bits per heavy atom. The second-order valence-electron chi connectivity index (χ2n) is 7.25. The van der Waals surface area contributed by atoms with Crippen LogP contribution in [0.5, 0.6) is 0 Å². The Morgan fingerprint density at radius 1 is 1.15 bits per heavy atom. The molecule has 1 unspecified atom stereocenters. The number of morpholine rings is 1. The Kier molecular flexibility index (Phi) is 5.79. The number of likely N-dealkylation sites (tertiary alicyclic amines) is 1. The van der Waals surface area contributed by atoms with Crippen LogP contribution in [0.1, 0.15) is 36.0 Å². The Morgan fingerprint density at radius 3 is 2.81 bits per heavy atom. The predicted molar refractivity (Wildman–Crippen MR) is 102 cm³/mol. The molecule has 1 atom stereocenters. The van der Waals surface area contributed by atoms with Gasteiger partial charge in [-0.25, -0.2) is 9.67 Å². The third kappa shape index (κ3) is 4.20. The average Bonchev–Trinajstić information content (AvgIpc) is 3.27. The molecule has 4 rings (SSSR count). The van der Waals surface area contributed by atoms with E-state index in [2.05, 4.69) is 19.9 Å². The fourth-order valence-electron chi connectivity index (χ4n) is 4.07. The van der Waals surface area contributed by atoms with E-state index in [1.807, 2.05) is 24.3 Å². The Labute approximate surface area is 159 Å². The summed E-state index contributed by atoms with van der Waals surface area (Å²) in [6.07, 6.45) is 7.51. The molecule has 2 saturated heterocycles. The van der Waals surface area contributed by atoms with E-state index < -0.39 is 0 Å². The minimum Gasteiger partial charge on any atom is -0.379 e. The van der Waals surface area contributed by atoms with Crippen molar-refractivity contribution in [2.75, 3.05) is 39.4 Å². The highest BCUT2D eigenvalue weighted by atomic mass is 16.5. The lowest BCUT2D eigenvalue weighted by molar-refractivity contribution is 0.0295. The van der Waals surface area contributed by atoms with E-state index in [9.17, 15) is 4.79 Å². The number of hydrogen-bond donors (Lipinski definition) is 0. The van der Waals surface area contributed by atoms with Gasteiger partial charge in [0.15, 0.2) is 0 Å². The van der Waals surface area contributed by atoms with Crippen LogP contribution >= 0.6 is 0 Å². The van der Waals surface area contributed by atoms with Crippen LogP contribution in [0.25, 0.3) is 5.69 Å². The molecular weight excluding hydrogens is 342 g/mol. The van der Waals surface area contributed by atoms with Crippen molar-refractivity contribution in [3.63, 3.8) is 0 Å². The van der Waals surface area contributed by atoms with Crippen LogP contribution in [-0.2, 0) is 4.74 Å². The standard InChI is InChI=1S/C20H27N5O2/c26-20(18-6-1-2-7-19(18)25-16-21-15-22-25)24-9-4-3-5-17(24)8-10-23-11-13-27-14-12-23/h1-2,6-7,15-17H,3-5,8-14H2. The van der Waals surface area contributed by atoms with Gasteiger partial charge in [0, 0.05) is 32.2 Å². The molecule has 0 radical (unpaired) electrons. The first-order valence-electron chi connectivity index (χ1n) is 9.88. The number of amides is 1. The lowest BCUT2D eigenvalue weighted by Crippen LogP contribution is -2.46. The highest BCUT2D eigenvalue weighted by Crippen LogP contribution is 2.24. The fraction of sp³-hybridized carbons (Fsp3) is 0.550. The van der Waals surface area contributed by atoms with Crippen LogP contribution in [0.2, 0.25) is 0 Å². The zero-order valence-electron chi connectivity index (χ0n) is 15.7. The highest BCUT2D eigenvalue weighted by Gasteiger charge is 2.29. The minimum atomic E-state index is 0.104. The molecule has 2 aliphatic heterocycles. The summed E-state index contributed by atoms with van der Waals surface area (Å²) < 4.78 is 7.10. The Bertz CT molecular complexity index is 743. The van der Waals surface area contributed by atoms with E-state index in [0.717, 1.165) is 64.3 Å². The van der Waals surface area contributed by atoms with E-state index in [-0.39, 0.29) is 5.91 Å². The first-order valence-corrected chi connectivity index (χ1v) is 9.88. The predicted octanol–water partition coefficient (Wildman–Crippen LogP) is 1.98. The third-order valence-corrected chi connectivity index (χ3v) is 5.57. The number of hydrogen-bond acceptors (Lipinski definition) is 5. The summed E-state index contributed by atoms with van der Waals surface area (Å²) >= 11 is 0. The smallest absolute Gasteiger partial charge is 0.256 e. The van der Waals surface area contributed by atoms with Gasteiger partial charge >= 0.3 is 0 Å². The third-order valence-electron chi connectivity index (χ3n) is 5.57. The maximum Gasteiger partial charge on any atom is 0.256 e. The summed E-state index contributed by atoms with van der Waals surface area (Å²) in [5.74, 6) is 0.104. The van der Waals surface area contributed by atoms with Crippen LogP contribution in [0, 0.1) is 0 Å². The summed E-state index contributed by atoms with van der Waals surface area (Å²) in [7, 11) is 0. The molecule has 0 N–H and O–H groups in total. The number of ether oxygens (including phenoxy) is 1. The number of nitrogens with zero attached hydrogens (tertiary/aromatic N) is 5. The molecule has 7 heteroatoms. The molecule has 2 aliphatic rings. The maximum atomic E-state index is 13.4. The molecule has 1 amide bonds. The van der Waals surface area contributed by atoms with Crippen LogP contribution in [0.3, 0.4) is 0 Å². The van der Waals surface area contributed by atoms with E-state index >= 15 is 0 Å². The van der Waals surface area contributed by atoms with Gasteiger partial charge in [-0.3, -0.25) is 9.69 Å². The van der Waals surface area contributed by atoms with Gasteiger partial charge in [0.05, 0.1) is 24.5 Å². The van der Waals surface area contributed by atoms with Crippen LogP contribution in [-0.4, -0.2) is 75.9 Å². The van der Waals surface area contributed by atoms with Gasteiger partial charge in [-0.2, -0.15) is 5.10 Å². The first-order chi connectivity index (χ1) is 13.3. The normalized spacial score (nSPS) is 21.3. The average molecular weight is 369 g/mol. The summed E-state index contributed by atoms with van der Waals surface area (Å²) in [4.78, 5) is 22.0. The molecule has 3 heterocycles. The van der Waals surface area contributed by atoms with Gasteiger partial charge < -0.3 is 9.64 Å². The number of carbonyl (C=O) groups is 1. The van der Waals surface area contributed by atoms with E-state index in [1.165, 1.54) is 12.7 Å². The molecule has 1 aromatic heterocycles. The van der Waals surface area contributed by atoms with Gasteiger partial charge in [-0.05, 0) is 37.8 Å². The molecule has 0 spiro atoms. The van der Waals surface area contributed by atoms with Crippen molar-refractivity contribution < 1.29 is 9.53 Å². The number of aromatic nitrogens is 3. The lowest BCUT2D eigenvalue weighted by atomic mass is 9.97. The maximum absolute atomic E-state index is 13.4. The molecule has 0 bridgehead atoms. The molecule has 2 fully saturated rings. The zero-order valence-corrected chi connectivity index (χ0v) is 15.7. The SMILES string of the molecule is O=C(c1ccccc1-n1cncn1)N1CCCCC1CCN1CCOCC1. The van der Waals surface area contributed by atoms with Crippen LogP contribution in [0.15, 0.2) is 36.9 Å². The molecule has 7 nitrogen and oxygen atoms in total. The van der Waals surface area contributed by atoms with Crippen molar-refractivity contribution >= 4 is 5.91 Å². The number of carbonyl (C=O) groups excluding carboxylic acids is 1. The number of rotatable bonds is 5. The zero-order chi connectivity index (χ0) is 18.5. The van der Waals surface area contributed by atoms with E-state index in [4.69, 9.17) is 4.74 Å². The van der Waals surface area contributed by atoms with Gasteiger partial charge in [-0.15, -0.1) is 0 Å². The summed E-state index contributed by atoms with van der Waals surface area (Å²) in [5, 5.41) is 4.21. The summed E-state index contributed by atoms with van der Waals surface area (Å²) in [6.45, 7) is 5.49. The largest absolute Gasteiger partial charge is 0.379 e. The molecule has 2 aromatic rings. The Balaban J connectivity index is 1.49. The fourth-order valence-corrected chi connectivity index (χ4v) is 4.07. The number of benzene rings is 1. The van der Waals surface area contributed by atoms with Crippen LogP contribution < -0.4 is 0 Å². The summed E-state index contributed by atoms with van der Waals surface area (Å²) in [6, 6.07) is 7.97. The second-order valence-corrected chi connectivity index (χ2v) is 7.25. The van der Waals surface area contributed by atoms with Crippen molar-refractivity contribution in [2.45, 2.75) is 31.7 Å². The first kappa shape index (κ1) is 18.1. The van der Waals surface area contributed by atoms with Crippen LogP contribution in [0.4, 0.5) is 0 Å². The van der Waals surface area contributed by atoms with Crippen molar-refractivity contribution in [2.24, 2.45) is 0 Å². The van der Waals surface area contributed by atoms with Gasteiger partial charge in [-0.1, -0.05) is 12.1 Å². The molecule has 0 aliphatic carbocycles. The molecule has 1 aromatic carbocycles. The minimum absolute atomic E-state index is 0.104. The quantitative estimate of drug-likeness (QED) is 0.806. The van der Waals surface area contributed by atoms with E-state index in [1.54, 1.807) is 11.0 Å². The molecular formula is C20H27N5O2. The van der Waals surface area contributed by atoms with E-state index in [0.29, 0.717) is 11.6 Å². The Hall–Kier alpha value is -2.25. The highest BCUT2D eigenvalue weighted by molar-refractivity contribution is 5.98. The molecule has 144 valence electrons. The van der Waals surface area contributed by atoms with Crippen molar-refractivity contribution in [3.05, 3.63) is 42.5 Å². The van der Waals surface area contributed by atoms with Crippen molar-refractivity contribution in [1.82, 2.24) is 24.6 Å². The topological polar surface area (TPSA) is 63.5 Å². The van der Waals surface area contributed by atoms with Gasteiger partial charge in [0.1, 0.15) is 12.7 Å². The number of para-hydroxylation sites is 1. The molecule has 27 heavy (non-hydrogen) atoms. The number of piperidine rings is 1. The van der Waals surface area contributed by atoms with Crippen molar-refractivity contribution in [1.29, 1.82) is 0 Å². The molecule has 0 saturated carbocycles. The second kappa shape index (κ2) is 8.63. The van der Waals surface area contributed by atoms with Gasteiger partial charge in [0.25, 0.3) is 5.91 Å². The lowest BCUT2D eigenvalue weighted by Gasteiger charge is -2.38.